The second-order valence-corrected chi connectivity index (χ2v) is 4.89. The molecule has 1 fully saturated rings. The maximum Gasteiger partial charge on any atom is 0.0801 e. The Hall–Kier alpha value is -1.61. The van der Waals surface area contributed by atoms with Gasteiger partial charge in [-0.3, -0.25) is 0 Å². The molecule has 1 heterocycles. The first-order valence-corrected chi connectivity index (χ1v) is 6.73. The van der Waals surface area contributed by atoms with E-state index < -0.39 is 0 Å². The Morgan fingerprint density at radius 1 is 1.28 bits per heavy atom. The minimum atomic E-state index is 0.431. The largest absolute Gasteiger partial charge is 0.309 e. The molecule has 0 spiro atoms. The molecule has 1 aromatic heterocycles. The van der Waals surface area contributed by atoms with Gasteiger partial charge in [0.2, 0.25) is 0 Å². The Morgan fingerprint density at radius 3 is 2.72 bits per heavy atom. The van der Waals surface area contributed by atoms with E-state index in [9.17, 15) is 0 Å². The fraction of sp³-hybridized carbons (Fsp3) is 0.400. The molecule has 3 heteroatoms. The normalized spacial score (nSPS) is 16.7. The number of aromatic nitrogens is 2. The monoisotopic (exact) mass is 241 g/mol. The van der Waals surface area contributed by atoms with Crippen molar-refractivity contribution in [2.24, 2.45) is 5.92 Å². The quantitative estimate of drug-likeness (QED) is 0.872. The molecule has 0 bridgehead atoms. The second-order valence-electron chi connectivity index (χ2n) is 4.89. The lowest BCUT2D eigenvalue weighted by atomic mass is 10.1. The van der Waals surface area contributed by atoms with Crippen LogP contribution in [0, 0.1) is 5.92 Å². The van der Waals surface area contributed by atoms with E-state index in [1.165, 1.54) is 18.5 Å². The van der Waals surface area contributed by atoms with Crippen LogP contribution in [0.25, 0.3) is 5.69 Å². The molecule has 1 aliphatic carbocycles. The van der Waals surface area contributed by atoms with Gasteiger partial charge in [0.05, 0.1) is 17.4 Å². The maximum absolute atomic E-state index is 4.71. The lowest BCUT2D eigenvalue weighted by molar-refractivity contribution is 0.481. The number of hydrogen-bond acceptors (Lipinski definition) is 2. The van der Waals surface area contributed by atoms with Crippen molar-refractivity contribution in [2.45, 2.75) is 25.8 Å². The Morgan fingerprint density at radius 2 is 2.06 bits per heavy atom. The lowest BCUT2D eigenvalue weighted by Crippen LogP contribution is -2.23. The molecule has 18 heavy (non-hydrogen) atoms. The van der Waals surface area contributed by atoms with Crippen LogP contribution in [0.1, 0.15) is 31.5 Å². The molecule has 1 N–H and O–H groups in total. The van der Waals surface area contributed by atoms with Crippen LogP contribution < -0.4 is 5.32 Å². The van der Waals surface area contributed by atoms with Crippen molar-refractivity contribution < 1.29 is 0 Å². The highest BCUT2D eigenvalue weighted by atomic mass is 15.3. The molecule has 1 atom stereocenters. The van der Waals surface area contributed by atoms with Crippen LogP contribution in [0.15, 0.2) is 42.6 Å². The number of nitrogens with one attached hydrogen (secondary N) is 1. The highest BCUT2D eigenvalue weighted by molar-refractivity contribution is 5.30. The summed E-state index contributed by atoms with van der Waals surface area (Å²) in [5.41, 5.74) is 2.29. The second kappa shape index (κ2) is 4.94. The molecule has 2 aromatic rings. The molecule has 1 aliphatic rings. The number of para-hydroxylation sites is 1. The summed E-state index contributed by atoms with van der Waals surface area (Å²) in [6.45, 7) is 3.16. The fourth-order valence-electron chi connectivity index (χ4n) is 2.39. The predicted octanol–water partition coefficient (Wildman–Crippen LogP) is 2.93. The highest BCUT2D eigenvalue weighted by Gasteiger charge is 2.33. The van der Waals surface area contributed by atoms with Crippen molar-refractivity contribution in [1.82, 2.24) is 15.1 Å². The zero-order valence-corrected chi connectivity index (χ0v) is 10.7. The van der Waals surface area contributed by atoms with Gasteiger partial charge < -0.3 is 5.32 Å². The minimum absolute atomic E-state index is 0.431. The SMILES string of the molecule is CCNC(c1ccn(-c2ccccc2)n1)C1CC1. The van der Waals surface area contributed by atoms with E-state index in [0.717, 1.165) is 18.2 Å². The molecule has 1 saturated carbocycles. The third-order valence-corrected chi connectivity index (χ3v) is 3.47. The molecular formula is C15H19N3. The van der Waals surface area contributed by atoms with Gasteiger partial charge in [-0.05, 0) is 43.5 Å². The van der Waals surface area contributed by atoms with E-state index in [1.54, 1.807) is 0 Å². The first-order chi connectivity index (χ1) is 8.88. The van der Waals surface area contributed by atoms with E-state index in [2.05, 4.69) is 36.6 Å². The molecule has 0 saturated heterocycles. The summed E-state index contributed by atoms with van der Waals surface area (Å²) in [4.78, 5) is 0. The molecular weight excluding hydrogens is 222 g/mol. The topological polar surface area (TPSA) is 29.9 Å². The van der Waals surface area contributed by atoms with Gasteiger partial charge in [-0.1, -0.05) is 25.1 Å². The van der Waals surface area contributed by atoms with Crippen LogP contribution in [0.2, 0.25) is 0 Å². The predicted molar refractivity (Wildman–Crippen MR) is 72.7 cm³/mol. The molecule has 94 valence electrons. The van der Waals surface area contributed by atoms with Crippen molar-refractivity contribution >= 4 is 0 Å². The lowest BCUT2D eigenvalue weighted by Gasteiger charge is -2.14. The molecule has 3 nitrogen and oxygen atoms in total. The smallest absolute Gasteiger partial charge is 0.0801 e. The number of benzene rings is 1. The van der Waals surface area contributed by atoms with Crippen LogP contribution in [-0.4, -0.2) is 16.3 Å². The summed E-state index contributed by atoms with van der Waals surface area (Å²) in [5.74, 6) is 0.782. The van der Waals surface area contributed by atoms with Gasteiger partial charge in [-0.15, -0.1) is 0 Å². The first-order valence-electron chi connectivity index (χ1n) is 6.73. The summed E-state index contributed by atoms with van der Waals surface area (Å²) in [5, 5.41) is 8.26. The molecule has 0 radical (unpaired) electrons. The Bertz CT molecular complexity index is 499. The van der Waals surface area contributed by atoms with E-state index in [-0.39, 0.29) is 0 Å². The van der Waals surface area contributed by atoms with Crippen LogP contribution in [0.4, 0.5) is 0 Å². The van der Waals surface area contributed by atoms with Gasteiger partial charge in [0, 0.05) is 6.20 Å². The average Bonchev–Trinajstić information content (AvgIpc) is 3.14. The van der Waals surface area contributed by atoms with Crippen LogP contribution in [0.5, 0.6) is 0 Å². The van der Waals surface area contributed by atoms with Crippen LogP contribution in [0.3, 0.4) is 0 Å². The number of nitrogens with zero attached hydrogens (tertiary/aromatic N) is 2. The number of hydrogen-bond donors (Lipinski definition) is 1. The van der Waals surface area contributed by atoms with Crippen molar-refractivity contribution in [3.8, 4) is 5.69 Å². The molecule has 0 aliphatic heterocycles. The molecule has 1 aromatic carbocycles. The van der Waals surface area contributed by atoms with Gasteiger partial charge in [0.25, 0.3) is 0 Å². The van der Waals surface area contributed by atoms with Gasteiger partial charge in [-0.2, -0.15) is 5.10 Å². The third-order valence-electron chi connectivity index (χ3n) is 3.47. The maximum atomic E-state index is 4.71. The summed E-state index contributed by atoms with van der Waals surface area (Å²) in [6, 6.07) is 12.8. The zero-order chi connectivity index (χ0) is 12.4. The van der Waals surface area contributed by atoms with Gasteiger partial charge in [0.1, 0.15) is 0 Å². The van der Waals surface area contributed by atoms with E-state index in [1.807, 2.05) is 22.9 Å². The van der Waals surface area contributed by atoms with Gasteiger partial charge >= 0.3 is 0 Å². The van der Waals surface area contributed by atoms with Crippen molar-refractivity contribution in [3.63, 3.8) is 0 Å². The van der Waals surface area contributed by atoms with Crippen molar-refractivity contribution in [1.29, 1.82) is 0 Å². The Labute approximate surface area is 108 Å². The third kappa shape index (κ3) is 2.31. The minimum Gasteiger partial charge on any atom is -0.309 e. The van der Waals surface area contributed by atoms with Gasteiger partial charge in [-0.25, -0.2) is 4.68 Å². The van der Waals surface area contributed by atoms with E-state index >= 15 is 0 Å². The van der Waals surface area contributed by atoms with Crippen LogP contribution in [-0.2, 0) is 0 Å². The van der Waals surface area contributed by atoms with Crippen molar-refractivity contribution in [3.05, 3.63) is 48.3 Å². The van der Waals surface area contributed by atoms with Crippen molar-refractivity contribution in [2.75, 3.05) is 6.54 Å². The summed E-state index contributed by atoms with van der Waals surface area (Å²) in [7, 11) is 0. The highest BCUT2D eigenvalue weighted by Crippen LogP contribution is 2.40. The van der Waals surface area contributed by atoms with Gasteiger partial charge in [0.15, 0.2) is 0 Å². The first kappa shape index (κ1) is 11.5. The van der Waals surface area contributed by atoms with E-state index in [0.29, 0.717) is 6.04 Å². The fourth-order valence-corrected chi connectivity index (χ4v) is 2.39. The Kier molecular flexibility index (Phi) is 3.15. The molecule has 0 amide bonds. The zero-order valence-electron chi connectivity index (χ0n) is 10.7. The molecule has 1 unspecified atom stereocenters. The van der Waals surface area contributed by atoms with E-state index in [4.69, 9.17) is 5.10 Å². The number of rotatable bonds is 5. The van der Waals surface area contributed by atoms with Crippen LogP contribution >= 0.6 is 0 Å². The summed E-state index contributed by atoms with van der Waals surface area (Å²) in [6.07, 6.45) is 4.71. The standard InChI is InChI=1S/C15H19N3/c1-2-16-15(12-8-9-12)14-10-11-18(17-14)13-6-4-3-5-7-13/h3-7,10-12,15-16H,2,8-9H2,1H3. The summed E-state index contributed by atoms with van der Waals surface area (Å²) < 4.78 is 1.96. The Balaban J connectivity index is 1.84. The summed E-state index contributed by atoms with van der Waals surface area (Å²) >= 11 is 0. The average molecular weight is 241 g/mol. The molecule has 3 rings (SSSR count).